The van der Waals surface area contributed by atoms with Crippen molar-refractivity contribution in [3.8, 4) is 22.9 Å². The number of hydrogen-bond donors (Lipinski definition) is 2. The fraction of sp³-hybridized carbons (Fsp3) is 0.576. The lowest BCUT2D eigenvalue weighted by molar-refractivity contribution is 0.0132. The van der Waals surface area contributed by atoms with E-state index in [1.54, 1.807) is 18.2 Å². The van der Waals surface area contributed by atoms with Crippen LogP contribution in [0.25, 0.3) is 22.0 Å². The zero-order valence-corrected chi connectivity index (χ0v) is 24.8. The Morgan fingerprint density at radius 1 is 1.05 bits per heavy atom. The molecule has 3 aliphatic rings. The van der Waals surface area contributed by atoms with Crippen LogP contribution in [0, 0.1) is 11.2 Å². The first-order valence-electron chi connectivity index (χ1n) is 15.2. The Bertz CT molecular complexity index is 1440. The number of anilines is 1. The van der Waals surface area contributed by atoms with Crippen LogP contribution < -0.4 is 9.64 Å². The lowest BCUT2D eigenvalue weighted by atomic mass is 9.76. The molecule has 220 valence electrons. The zero-order valence-electron chi connectivity index (χ0n) is 24.8. The number of piperidine rings is 2. The maximum atomic E-state index is 16.6. The fourth-order valence-electron chi connectivity index (χ4n) is 7.71. The van der Waals surface area contributed by atoms with Crippen molar-refractivity contribution in [1.82, 2.24) is 14.9 Å². The van der Waals surface area contributed by atoms with E-state index in [1.165, 1.54) is 12.8 Å². The molecule has 0 spiro atoms. The zero-order chi connectivity index (χ0) is 28.9. The molecule has 6 rings (SSSR count). The maximum Gasteiger partial charge on any atom is 0.319 e. The number of aliphatic hydroxyl groups is 1. The predicted octanol–water partition coefficient (Wildman–Crippen LogP) is 6.26. The van der Waals surface area contributed by atoms with E-state index >= 15 is 4.39 Å². The number of phenols is 1. The number of rotatable bonds is 6. The predicted molar refractivity (Wildman–Crippen MR) is 160 cm³/mol. The third-order valence-corrected chi connectivity index (χ3v) is 9.75. The van der Waals surface area contributed by atoms with Crippen molar-refractivity contribution < 1.29 is 19.3 Å². The van der Waals surface area contributed by atoms with E-state index in [-0.39, 0.29) is 28.6 Å². The van der Waals surface area contributed by atoms with Crippen LogP contribution in [-0.2, 0) is 0 Å². The standard InChI is InChI=1S/C33H43FN4O3/c1-21(2)23-10-9-22(39)18-26(23)24-11-12-25-29(28(24)34)35-31(36-30(25)38-17-6-13-32(3,40)19-38)41-20-33-14-5-8-27(33)37(4)16-7-15-33/h9-12,18,21,27,39-40H,5-8,13-17,19-20H2,1-4H3/t27-,32-,33-/m1/s1. The van der Waals surface area contributed by atoms with Crippen LogP contribution in [0.2, 0.25) is 0 Å². The molecular weight excluding hydrogens is 519 g/mol. The van der Waals surface area contributed by atoms with E-state index in [4.69, 9.17) is 14.7 Å². The highest BCUT2D eigenvalue weighted by Crippen LogP contribution is 2.47. The van der Waals surface area contributed by atoms with Gasteiger partial charge in [-0.15, -0.1) is 0 Å². The molecule has 0 radical (unpaired) electrons. The molecular formula is C33H43FN4O3. The van der Waals surface area contributed by atoms with E-state index in [2.05, 4.69) is 25.8 Å². The second-order valence-corrected chi connectivity index (χ2v) is 13.2. The number of aromatic nitrogens is 2. The molecule has 8 heteroatoms. The molecule has 2 aromatic carbocycles. The lowest BCUT2D eigenvalue weighted by Gasteiger charge is -2.44. The topological polar surface area (TPSA) is 82.0 Å². The van der Waals surface area contributed by atoms with Gasteiger partial charge in [0.15, 0.2) is 5.82 Å². The summed E-state index contributed by atoms with van der Waals surface area (Å²) in [4.78, 5) is 14.1. The van der Waals surface area contributed by atoms with Crippen LogP contribution in [0.1, 0.15) is 77.2 Å². The van der Waals surface area contributed by atoms with E-state index in [1.807, 2.05) is 24.0 Å². The number of nitrogens with zero attached hydrogens (tertiary/aromatic N) is 4. The van der Waals surface area contributed by atoms with E-state index in [9.17, 15) is 10.2 Å². The number of β-amino-alcohol motifs (C(OH)–C–C–N with tert-alkyl or cyclic N) is 1. The Hall–Kier alpha value is -2.97. The van der Waals surface area contributed by atoms with E-state index in [0.29, 0.717) is 54.5 Å². The minimum absolute atomic E-state index is 0.0639. The highest BCUT2D eigenvalue weighted by atomic mass is 19.1. The number of ether oxygens (including phenoxy) is 1. The van der Waals surface area contributed by atoms with Crippen LogP contribution in [0.4, 0.5) is 10.2 Å². The fourth-order valence-corrected chi connectivity index (χ4v) is 7.71. The van der Waals surface area contributed by atoms with Crippen LogP contribution >= 0.6 is 0 Å². The van der Waals surface area contributed by atoms with E-state index < -0.39 is 11.4 Å². The van der Waals surface area contributed by atoms with Crippen LogP contribution in [0.15, 0.2) is 30.3 Å². The molecule has 3 aromatic rings. The number of aromatic hydroxyl groups is 1. The van der Waals surface area contributed by atoms with Gasteiger partial charge in [-0.2, -0.15) is 9.97 Å². The lowest BCUT2D eigenvalue weighted by Crippen LogP contribution is -2.50. The summed E-state index contributed by atoms with van der Waals surface area (Å²) in [6, 6.07) is 9.41. The van der Waals surface area contributed by atoms with Gasteiger partial charge in [0.05, 0.1) is 12.2 Å². The largest absolute Gasteiger partial charge is 0.508 e. The summed E-state index contributed by atoms with van der Waals surface area (Å²) in [5.74, 6) is 0.372. The number of halogens is 1. The molecule has 3 atom stereocenters. The molecule has 1 aromatic heterocycles. The summed E-state index contributed by atoms with van der Waals surface area (Å²) < 4.78 is 23.0. The Kier molecular flexibility index (Phi) is 7.35. The van der Waals surface area contributed by atoms with Gasteiger partial charge in [0.1, 0.15) is 17.1 Å². The van der Waals surface area contributed by atoms with Crippen molar-refractivity contribution in [3.63, 3.8) is 0 Å². The Morgan fingerprint density at radius 3 is 2.61 bits per heavy atom. The minimum Gasteiger partial charge on any atom is -0.508 e. The summed E-state index contributed by atoms with van der Waals surface area (Å²) in [7, 11) is 2.21. The van der Waals surface area contributed by atoms with Crippen molar-refractivity contribution >= 4 is 16.7 Å². The van der Waals surface area contributed by atoms with Crippen molar-refractivity contribution in [2.45, 2.75) is 83.3 Å². The quantitative estimate of drug-likeness (QED) is 0.367. The number of likely N-dealkylation sites (tertiary alicyclic amines) is 1. The minimum atomic E-state index is -0.856. The van der Waals surface area contributed by atoms with Crippen LogP contribution in [0.3, 0.4) is 0 Å². The molecule has 7 nitrogen and oxygen atoms in total. The van der Waals surface area contributed by atoms with Crippen LogP contribution in [-0.4, -0.2) is 70.0 Å². The third-order valence-electron chi connectivity index (χ3n) is 9.75. The molecule has 1 aliphatic carbocycles. The molecule has 3 fully saturated rings. The van der Waals surface area contributed by atoms with Gasteiger partial charge in [0.2, 0.25) is 0 Å². The molecule has 0 amide bonds. The second kappa shape index (κ2) is 10.7. The van der Waals surface area contributed by atoms with Gasteiger partial charge in [-0.3, -0.25) is 0 Å². The van der Waals surface area contributed by atoms with Gasteiger partial charge < -0.3 is 24.7 Å². The number of fused-ring (bicyclic) bond motifs is 2. The second-order valence-electron chi connectivity index (χ2n) is 13.2. The molecule has 3 heterocycles. The normalized spacial score (nSPS) is 27.0. The van der Waals surface area contributed by atoms with Crippen LogP contribution in [0.5, 0.6) is 11.8 Å². The average Bonchev–Trinajstić information content (AvgIpc) is 3.37. The maximum absolute atomic E-state index is 16.6. The Labute approximate surface area is 242 Å². The number of phenolic OH excluding ortho intramolecular Hbond substituents is 1. The smallest absolute Gasteiger partial charge is 0.319 e. The van der Waals surface area contributed by atoms with Gasteiger partial charge in [0.25, 0.3) is 0 Å². The molecule has 0 unspecified atom stereocenters. The molecule has 0 bridgehead atoms. The first kappa shape index (κ1) is 28.2. The first-order chi connectivity index (χ1) is 19.6. The number of benzene rings is 2. The van der Waals surface area contributed by atoms with Gasteiger partial charge in [-0.1, -0.05) is 32.4 Å². The summed E-state index contributed by atoms with van der Waals surface area (Å²) in [6.07, 6.45) is 7.26. The molecule has 2 saturated heterocycles. The monoisotopic (exact) mass is 562 g/mol. The molecule has 1 saturated carbocycles. The first-order valence-corrected chi connectivity index (χ1v) is 15.2. The average molecular weight is 563 g/mol. The Morgan fingerprint density at radius 2 is 1.83 bits per heavy atom. The van der Waals surface area contributed by atoms with Gasteiger partial charge >= 0.3 is 6.01 Å². The highest BCUT2D eigenvalue weighted by molar-refractivity contribution is 5.94. The van der Waals surface area contributed by atoms with Crippen molar-refractivity contribution in [2.75, 3.05) is 38.2 Å². The summed E-state index contributed by atoms with van der Waals surface area (Å²) in [5, 5.41) is 21.8. The highest BCUT2D eigenvalue weighted by Gasteiger charge is 2.47. The third kappa shape index (κ3) is 5.25. The summed E-state index contributed by atoms with van der Waals surface area (Å²) in [5.41, 5.74) is 1.40. The van der Waals surface area contributed by atoms with E-state index in [0.717, 1.165) is 37.8 Å². The molecule has 2 aliphatic heterocycles. The molecule has 2 N–H and O–H groups in total. The van der Waals surface area contributed by atoms with Crippen molar-refractivity contribution in [1.29, 1.82) is 0 Å². The van der Waals surface area contributed by atoms with Crippen molar-refractivity contribution in [3.05, 3.63) is 41.7 Å². The SMILES string of the molecule is CC(C)c1ccc(O)cc1-c1ccc2c(N3CCC[C@@](C)(O)C3)nc(OC[C@]34CCC[C@H]3N(C)CCC4)nc2c1F. The summed E-state index contributed by atoms with van der Waals surface area (Å²) in [6.45, 7) is 8.69. The van der Waals surface area contributed by atoms with Gasteiger partial charge in [-0.25, -0.2) is 4.39 Å². The Balaban J connectivity index is 1.45. The van der Waals surface area contributed by atoms with Gasteiger partial charge in [0, 0.05) is 35.5 Å². The number of hydrogen-bond acceptors (Lipinski definition) is 7. The molecule has 41 heavy (non-hydrogen) atoms. The van der Waals surface area contributed by atoms with Gasteiger partial charge in [-0.05, 0) is 94.3 Å². The van der Waals surface area contributed by atoms with Crippen molar-refractivity contribution in [2.24, 2.45) is 5.41 Å². The summed E-state index contributed by atoms with van der Waals surface area (Å²) >= 11 is 0.